The first-order chi connectivity index (χ1) is 6.35. The largest absolute Gasteiger partial charge is 0.377 e. The van der Waals surface area contributed by atoms with Crippen molar-refractivity contribution < 1.29 is 9.53 Å². The van der Waals surface area contributed by atoms with Gasteiger partial charge in [-0.3, -0.25) is 0 Å². The highest BCUT2D eigenvalue weighted by Gasteiger charge is 2.37. The number of carbonyl (C=O) groups is 1. The maximum Gasteiger partial charge on any atom is 0.128 e. The van der Waals surface area contributed by atoms with E-state index in [0.29, 0.717) is 12.7 Å². The van der Waals surface area contributed by atoms with E-state index in [-0.39, 0.29) is 5.41 Å². The van der Waals surface area contributed by atoms with Crippen LogP contribution in [-0.2, 0) is 9.53 Å². The first kappa shape index (κ1) is 9.20. The maximum atomic E-state index is 10.8. The van der Waals surface area contributed by atoms with Gasteiger partial charge in [-0.05, 0) is 25.7 Å². The van der Waals surface area contributed by atoms with Crippen LogP contribution >= 0.6 is 0 Å². The molecule has 2 rings (SSSR count). The first-order valence-electron chi connectivity index (χ1n) is 5.43. The summed E-state index contributed by atoms with van der Waals surface area (Å²) in [5.74, 6) is 0. The van der Waals surface area contributed by atoms with Gasteiger partial charge in [0.25, 0.3) is 0 Å². The Kier molecular flexibility index (Phi) is 2.68. The van der Waals surface area contributed by atoms with Crippen molar-refractivity contribution in [2.75, 3.05) is 6.61 Å². The molecule has 0 N–H and O–H groups in total. The van der Waals surface area contributed by atoms with Crippen LogP contribution in [0.15, 0.2) is 0 Å². The Balaban J connectivity index is 1.73. The van der Waals surface area contributed by atoms with Gasteiger partial charge < -0.3 is 9.53 Å². The minimum Gasteiger partial charge on any atom is -0.377 e. The minimum atomic E-state index is -0.0808. The average molecular weight is 182 g/mol. The van der Waals surface area contributed by atoms with Gasteiger partial charge in [0.2, 0.25) is 0 Å². The van der Waals surface area contributed by atoms with Crippen molar-refractivity contribution in [3.05, 3.63) is 0 Å². The second-order valence-electron chi connectivity index (χ2n) is 4.55. The van der Waals surface area contributed by atoms with Gasteiger partial charge in [0, 0.05) is 5.41 Å². The highest BCUT2D eigenvalue weighted by molar-refractivity contribution is 5.61. The summed E-state index contributed by atoms with van der Waals surface area (Å²) in [5.41, 5.74) is -0.0808. The predicted octanol–water partition coefficient (Wildman–Crippen LogP) is 2.31. The van der Waals surface area contributed by atoms with Crippen LogP contribution in [0.3, 0.4) is 0 Å². The Labute approximate surface area is 79.7 Å². The summed E-state index contributed by atoms with van der Waals surface area (Å²) in [6, 6.07) is 0. The van der Waals surface area contributed by atoms with E-state index < -0.39 is 0 Å². The van der Waals surface area contributed by atoms with Gasteiger partial charge in [-0.1, -0.05) is 19.3 Å². The van der Waals surface area contributed by atoms with Crippen LogP contribution in [0.25, 0.3) is 0 Å². The fourth-order valence-electron chi connectivity index (χ4n) is 2.27. The van der Waals surface area contributed by atoms with Gasteiger partial charge in [-0.2, -0.15) is 0 Å². The zero-order chi connectivity index (χ0) is 9.15. The lowest BCUT2D eigenvalue weighted by Gasteiger charge is -2.36. The van der Waals surface area contributed by atoms with Crippen molar-refractivity contribution in [3.8, 4) is 0 Å². The Morgan fingerprint density at radius 3 is 2.38 bits per heavy atom. The van der Waals surface area contributed by atoms with E-state index in [2.05, 4.69) is 0 Å². The monoisotopic (exact) mass is 182 g/mol. The Morgan fingerprint density at radius 2 is 1.92 bits per heavy atom. The lowest BCUT2D eigenvalue weighted by molar-refractivity contribution is -0.127. The molecule has 2 nitrogen and oxygen atoms in total. The van der Waals surface area contributed by atoms with E-state index in [1.807, 2.05) is 0 Å². The van der Waals surface area contributed by atoms with Crippen LogP contribution < -0.4 is 0 Å². The van der Waals surface area contributed by atoms with Crippen LogP contribution in [0.5, 0.6) is 0 Å². The second-order valence-corrected chi connectivity index (χ2v) is 4.55. The highest BCUT2D eigenvalue weighted by Crippen LogP contribution is 2.39. The molecule has 2 saturated carbocycles. The fraction of sp³-hybridized carbons (Fsp3) is 0.909. The summed E-state index contributed by atoms with van der Waals surface area (Å²) in [4.78, 5) is 10.8. The molecule has 0 saturated heterocycles. The number of hydrogen-bond acceptors (Lipinski definition) is 2. The lowest BCUT2D eigenvalue weighted by Crippen LogP contribution is -2.37. The third-order valence-corrected chi connectivity index (χ3v) is 3.51. The molecule has 2 aliphatic rings. The molecule has 2 heteroatoms. The Bertz CT molecular complexity index is 179. The molecule has 0 aromatic heterocycles. The van der Waals surface area contributed by atoms with Gasteiger partial charge in [-0.15, -0.1) is 0 Å². The number of aldehydes is 1. The van der Waals surface area contributed by atoms with E-state index in [1.165, 1.54) is 32.1 Å². The second kappa shape index (κ2) is 3.79. The molecule has 0 heterocycles. The van der Waals surface area contributed by atoms with Crippen LogP contribution in [-0.4, -0.2) is 19.0 Å². The van der Waals surface area contributed by atoms with Crippen molar-refractivity contribution in [3.63, 3.8) is 0 Å². The molecule has 0 unspecified atom stereocenters. The van der Waals surface area contributed by atoms with Crippen molar-refractivity contribution in [2.45, 2.75) is 51.0 Å². The van der Waals surface area contributed by atoms with E-state index in [0.717, 1.165) is 19.1 Å². The van der Waals surface area contributed by atoms with Crippen molar-refractivity contribution in [2.24, 2.45) is 5.41 Å². The zero-order valence-electron chi connectivity index (χ0n) is 8.13. The maximum absolute atomic E-state index is 10.8. The molecule has 0 aromatic carbocycles. The molecule has 0 aliphatic heterocycles. The van der Waals surface area contributed by atoms with Gasteiger partial charge in [0.1, 0.15) is 6.29 Å². The molecule has 2 aliphatic carbocycles. The Hall–Kier alpha value is -0.370. The molecule has 0 atom stereocenters. The van der Waals surface area contributed by atoms with Crippen molar-refractivity contribution in [1.82, 2.24) is 0 Å². The van der Waals surface area contributed by atoms with Crippen LogP contribution in [0.4, 0.5) is 0 Å². The molecule has 13 heavy (non-hydrogen) atoms. The number of hydrogen-bond donors (Lipinski definition) is 0. The van der Waals surface area contributed by atoms with Crippen LogP contribution in [0.2, 0.25) is 0 Å². The van der Waals surface area contributed by atoms with Gasteiger partial charge in [0.05, 0.1) is 12.7 Å². The van der Waals surface area contributed by atoms with E-state index >= 15 is 0 Å². The highest BCUT2D eigenvalue weighted by atomic mass is 16.5. The lowest BCUT2D eigenvalue weighted by atomic mass is 9.71. The van der Waals surface area contributed by atoms with Gasteiger partial charge in [0.15, 0.2) is 0 Å². The SMILES string of the molecule is O=CC1(COC2CCCC2)CCC1. The molecular weight excluding hydrogens is 164 g/mol. The average Bonchev–Trinajstić information content (AvgIpc) is 2.56. The normalized spacial score (nSPS) is 27.1. The molecular formula is C11H18O2. The standard InChI is InChI=1S/C11H18O2/c12-8-11(6-3-7-11)9-13-10-4-1-2-5-10/h8,10H,1-7,9H2. The summed E-state index contributed by atoms with van der Waals surface area (Å²) >= 11 is 0. The number of carbonyl (C=O) groups excluding carboxylic acids is 1. The van der Waals surface area contributed by atoms with Crippen LogP contribution in [0, 0.1) is 5.41 Å². The zero-order valence-corrected chi connectivity index (χ0v) is 8.13. The molecule has 0 radical (unpaired) electrons. The Morgan fingerprint density at radius 1 is 1.23 bits per heavy atom. The van der Waals surface area contributed by atoms with Crippen molar-refractivity contribution >= 4 is 6.29 Å². The van der Waals surface area contributed by atoms with Crippen LogP contribution in [0.1, 0.15) is 44.9 Å². The van der Waals surface area contributed by atoms with E-state index in [1.54, 1.807) is 0 Å². The smallest absolute Gasteiger partial charge is 0.128 e. The first-order valence-corrected chi connectivity index (χ1v) is 5.43. The summed E-state index contributed by atoms with van der Waals surface area (Å²) in [6.45, 7) is 0.682. The summed E-state index contributed by atoms with van der Waals surface area (Å²) in [5, 5.41) is 0. The fourth-order valence-corrected chi connectivity index (χ4v) is 2.27. The predicted molar refractivity (Wildman–Crippen MR) is 50.6 cm³/mol. The molecule has 2 fully saturated rings. The molecule has 0 amide bonds. The quantitative estimate of drug-likeness (QED) is 0.624. The summed E-state index contributed by atoms with van der Waals surface area (Å²) in [6.07, 6.45) is 9.88. The summed E-state index contributed by atoms with van der Waals surface area (Å²) < 4.78 is 5.77. The third kappa shape index (κ3) is 1.93. The summed E-state index contributed by atoms with van der Waals surface area (Å²) in [7, 11) is 0. The minimum absolute atomic E-state index is 0.0808. The van der Waals surface area contributed by atoms with E-state index in [4.69, 9.17) is 4.74 Å². The number of ether oxygens (including phenoxy) is 1. The van der Waals surface area contributed by atoms with Crippen molar-refractivity contribution in [1.29, 1.82) is 0 Å². The van der Waals surface area contributed by atoms with Gasteiger partial charge >= 0.3 is 0 Å². The molecule has 74 valence electrons. The molecule has 0 spiro atoms. The molecule has 0 aromatic rings. The number of rotatable bonds is 4. The third-order valence-electron chi connectivity index (χ3n) is 3.51. The topological polar surface area (TPSA) is 26.3 Å². The van der Waals surface area contributed by atoms with E-state index in [9.17, 15) is 4.79 Å². The van der Waals surface area contributed by atoms with Gasteiger partial charge in [-0.25, -0.2) is 0 Å². The molecule has 0 bridgehead atoms.